The van der Waals surface area contributed by atoms with E-state index >= 15 is 0 Å². The second kappa shape index (κ2) is 6.54. The Morgan fingerprint density at radius 1 is 1.54 bits per heavy atom. The monoisotopic (exact) mass is 332 g/mol. The van der Waals surface area contributed by atoms with Gasteiger partial charge in [-0.25, -0.2) is 4.79 Å². The number of nitro groups is 1. The SMILES string of the molecule is C[C@@](C#N)(NC(=O)COC(=O)c1ccc(N)c([N+](=O)[O-])c1)C1CC1. The molecule has 9 nitrogen and oxygen atoms in total. The maximum Gasteiger partial charge on any atom is 0.338 e. The first-order chi connectivity index (χ1) is 11.3. The van der Waals surface area contributed by atoms with E-state index in [1.165, 1.54) is 12.1 Å². The Morgan fingerprint density at radius 3 is 2.75 bits per heavy atom. The first kappa shape index (κ1) is 17.2. The van der Waals surface area contributed by atoms with Crippen molar-refractivity contribution in [2.24, 2.45) is 5.92 Å². The molecule has 0 spiro atoms. The molecule has 1 atom stereocenters. The molecule has 0 unspecified atom stereocenters. The van der Waals surface area contributed by atoms with Crippen LogP contribution in [0.1, 0.15) is 30.1 Å². The van der Waals surface area contributed by atoms with E-state index in [-0.39, 0.29) is 17.2 Å². The summed E-state index contributed by atoms with van der Waals surface area (Å²) < 4.78 is 4.83. The van der Waals surface area contributed by atoms with Crippen LogP contribution in [0.3, 0.4) is 0 Å². The van der Waals surface area contributed by atoms with E-state index < -0.39 is 34.6 Å². The Kier molecular flexibility index (Phi) is 4.69. The van der Waals surface area contributed by atoms with Crippen molar-refractivity contribution in [1.29, 1.82) is 5.26 Å². The average Bonchev–Trinajstić information content (AvgIpc) is 3.38. The quantitative estimate of drug-likeness (QED) is 0.343. The van der Waals surface area contributed by atoms with Crippen LogP contribution in [0.4, 0.5) is 11.4 Å². The molecule has 1 fully saturated rings. The highest BCUT2D eigenvalue weighted by Crippen LogP contribution is 2.39. The lowest BCUT2D eigenvalue weighted by molar-refractivity contribution is -0.383. The number of nitro benzene ring substituents is 1. The number of carbonyl (C=O) groups excluding carboxylic acids is 2. The van der Waals surface area contributed by atoms with Gasteiger partial charge in [-0.15, -0.1) is 0 Å². The lowest BCUT2D eigenvalue weighted by Crippen LogP contribution is -2.48. The Bertz CT molecular complexity index is 738. The third kappa shape index (κ3) is 3.78. The van der Waals surface area contributed by atoms with Gasteiger partial charge in [-0.1, -0.05) is 0 Å². The van der Waals surface area contributed by atoms with Crippen LogP contribution in [-0.2, 0) is 9.53 Å². The highest BCUT2D eigenvalue weighted by Gasteiger charge is 2.43. The number of ether oxygens (including phenoxy) is 1. The number of hydrogen-bond donors (Lipinski definition) is 2. The van der Waals surface area contributed by atoms with Crippen LogP contribution in [0.25, 0.3) is 0 Å². The second-order valence-electron chi connectivity index (χ2n) is 5.74. The molecule has 1 amide bonds. The van der Waals surface area contributed by atoms with Crippen LogP contribution >= 0.6 is 0 Å². The molecule has 1 aliphatic rings. The van der Waals surface area contributed by atoms with E-state index in [1.54, 1.807) is 6.92 Å². The van der Waals surface area contributed by atoms with E-state index in [2.05, 4.69) is 11.4 Å². The Labute approximate surface area is 137 Å². The van der Waals surface area contributed by atoms with Gasteiger partial charge in [0, 0.05) is 6.07 Å². The van der Waals surface area contributed by atoms with Crippen molar-refractivity contribution < 1.29 is 19.2 Å². The number of nitrogens with zero attached hydrogens (tertiary/aromatic N) is 2. The maximum absolute atomic E-state index is 11.9. The van der Waals surface area contributed by atoms with Gasteiger partial charge in [-0.05, 0) is 37.8 Å². The molecule has 0 saturated heterocycles. The lowest BCUT2D eigenvalue weighted by Gasteiger charge is -2.22. The van der Waals surface area contributed by atoms with Crippen LogP contribution in [0.15, 0.2) is 18.2 Å². The third-order valence-electron chi connectivity index (χ3n) is 3.82. The van der Waals surface area contributed by atoms with Crippen molar-refractivity contribution in [1.82, 2.24) is 5.32 Å². The Morgan fingerprint density at radius 2 is 2.21 bits per heavy atom. The minimum atomic E-state index is -0.983. The number of benzene rings is 1. The van der Waals surface area contributed by atoms with Gasteiger partial charge in [0.05, 0.1) is 16.6 Å². The largest absolute Gasteiger partial charge is 0.452 e. The molecule has 0 aromatic heterocycles. The third-order valence-corrected chi connectivity index (χ3v) is 3.82. The zero-order chi connectivity index (χ0) is 17.9. The average molecular weight is 332 g/mol. The van der Waals surface area contributed by atoms with Gasteiger partial charge in [0.2, 0.25) is 0 Å². The Hall–Kier alpha value is -3.15. The predicted molar refractivity (Wildman–Crippen MR) is 82.7 cm³/mol. The fourth-order valence-electron chi connectivity index (χ4n) is 2.25. The summed E-state index contributed by atoms with van der Waals surface area (Å²) in [7, 11) is 0. The van der Waals surface area contributed by atoms with Crippen molar-refractivity contribution in [2.45, 2.75) is 25.3 Å². The molecule has 126 valence electrons. The fraction of sp³-hybridized carbons (Fsp3) is 0.400. The van der Waals surface area contributed by atoms with Gasteiger partial charge >= 0.3 is 5.97 Å². The van der Waals surface area contributed by atoms with Crippen molar-refractivity contribution in [3.05, 3.63) is 33.9 Å². The summed E-state index contributed by atoms with van der Waals surface area (Å²) in [6.45, 7) is 1.04. The molecule has 0 heterocycles. The van der Waals surface area contributed by atoms with Crippen LogP contribution in [0.5, 0.6) is 0 Å². The highest BCUT2D eigenvalue weighted by molar-refractivity contribution is 5.93. The van der Waals surface area contributed by atoms with Gasteiger partial charge in [0.15, 0.2) is 6.61 Å². The highest BCUT2D eigenvalue weighted by atomic mass is 16.6. The molecule has 0 bridgehead atoms. The number of nitrogen functional groups attached to an aromatic ring is 1. The maximum atomic E-state index is 11.9. The van der Waals surface area contributed by atoms with Gasteiger partial charge in [0.1, 0.15) is 11.2 Å². The van der Waals surface area contributed by atoms with Crippen LogP contribution in [-0.4, -0.2) is 28.9 Å². The smallest absolute Gasteiger partial charge is 0.338 e. The molecule has 1 aromatic carbocycles. The van der Waals surface area contributed by atoms with Crippen molar-refractivity contribution in [3.8, 4) is 6.07 Å². The molecular formula is C15H16N4O5. The number of amides is 1. The molecule has 2 rings (SSSR count). The topological polar surface area (TPSA) is 148 Å². The molecule has 1 saturated carbocycles. The number of nitrogens with two attached hydrogens (primary N) is 1. The summed E-state index contributed by atoms with van der Waals surface area (Å²) in [6, 6.07) is 5.53. The number of hydrogen-bond acceptors (Lipinski definition) is 7. The molecule has 1 aliphatic carbocycles. The summed E-state index contributed by atoms with van der Waals surface area (Å²) in [6.07, 6.45) is 1.72. The van der Waals surface area contributed by atoms with Gasteiger partial charge in [-0.3, -0.25) is 14.9 Å². The number of nitriles is 1. The number of anilines is 1. The van der Waals surface area contributed by atoms with E-state index in [1.807, 2.05) is 0 Å². The van der Waals surface area contributed by atoms with Gasteiger partial charge in [0.25, 0.3) is 11.6 Å². The van der Waals surface area contributed by atoms with Gasteiger partial charge < -0.3 is 15.8 Å². The van der Waals surface area contributed by atoms with Crippen molar-refractivity contribution >= 4 is 23.3 Å². The molecule has 9 heteroatoms. The summed E-state index contributed by atoms with van der Waals surface area (Å²) in [5.74, 6) is -1.40. The summed E-state index contributed by atoms with van der Waals surface area (Å²) in [5.41, 5.74) is 3.87. The van der Waals surface area contributed by atoms with Crippen LogP contribution < -0.4 is 11.1 Å². The first-order valence-corrected chi connectivity index (χ1v) is 7.20. The van der Waals surface area contributed by atoms with E-state index in [9.17, 15) is 19.7 Å². The van der Waals surface area contributed by atoms with Crippen LogP contribution in [0.2, 0.25) is 0 Å². The predicted octanol–water partition coefficient (Wildman–Crippen LogP) is 1.14. The van der Waals surface area contributed by atoms with Gasteiger partial charge in [-0.2, -0.15) is 5.26 Å². The molecular weight excluding hydrogens is 316 g/mol. The number of rotatable bonds is 6. The van der Waals surface area contributed by atoms with Crippen molar-refractivity contribution in [2.75, 3.05) is 12.3 Å². The summed E-state index contributed by atoms with van der Waals surface area (Å²) >= 11 is 0. The molecule has 0 aliphatic heterocycles. The standard InChI is InChI=1S/C15H16N4O5/c1-15(8-16,10-3-4-10)18-13(20)7-24-14(21)9-2-5-11(17)12(6-9)19(22)23/h2,5-6,10H,3-4,7,17H2,1H3,(H,18,20)/t15-/m0/s1. The van der Waals surface area contributed by atoms with E-state index in [0.717, 1.165) is 18.9 Å². The zero-order valence-electron chi connectivity index (χ0n) is 12.9. The molecule has 1 aromatic rings. The Balaban J connectivity index is 1.96. The second-order valence-corrected chi connectivity index (χ2v) is 5.74. The summed E-state index contributed by atoms with van der Waals surface area (Å²) in [4.78, 5) is 33.8. The fourth-order valence-corrected chi connectivity index (χ4v) is 2.25. The normalized spacial score (nSPS) is 15.7. The molecule has 3 N–H and O–H groups in total. The molecule has 0 radical (unpaired) electrons. The lowest BCUT2D eigenvalue weighted by atomic mass is 9.98. The van der Waals surface area contributed by atoms with E-state index in [4.69, 9.17) is 15.7 Å². The summed E-state index contributed by atoms with van der Waals surface area (Å²) in [5, 5.41) is 22.5. The zero-order valence-corrected chi connectivity index (χ0v) is 12.9. The number of nitrogens with one attached hydrogen (secondary N) is 1. The number of esters is 1. The van der Waals surface area contributed by atoms with Crippen molar-refractivity contribution in [3.63, 3.8) is 0 Å². The minimum Gasteiger partial charge on any atom is -0.452 e. The molecule has 24 heavy (non-hydrogen) atoms. The minimum absolute atomic E-state index is 0.0801. The first-order valence-electron chi connectivity index (χ1n) is 7.20. The van der Waals surface area contributed by atoms with E-state index in [0.29, 0.717) is 0 Å². The van der Waals surface area contributed by atoms with Crippen LogP contribution in [0, 0.1) is 27.4 Å². The number of carbonyl (C=O) groups is 2.